The Kier molecular flexibility index (Phi) is 49.7. The fourth-order valence-corrected chi connectivity index (χ4v) is 10.5. The minimum absolute atomic E-state index is 0. The summed E-state index contributed by atoms with van der Waals surface area (Å²) in [4.78, 5) is 0. The molecule has 0 heterocycles. The van der Waals surface area contributed by atoms with Crippen LogP contribution < -0.4 is 115 Å². The highest BCUT2D eigenvalue weighted by Crippen LogP contribution is 2.28. The quantitative estimate of drug-likeness (QED) is 0.0333. The third-order valence-corrected chi connectivity index (χ3v) is 15.9. The monoisotopic (exact) mass is 1590 g/mol. The van der Waals surface area contributed by atoms with Crippen molar-refractivity contribution in [2.75, 3.05) is 135 Å². The SMILES string of the molecule is CCCCCC[N+](C)(C)CCCCOc1cc(/C=C/c2ccc(/C=C/c3cc(OCCCC[N+](C)(C)CCCCCC)cc(OCCCC[N+](C)(C)CCCCCC)c3)cc2)cc(OCCCC[N+](C)(C)CCCCCC)c1.[I-].[I-].[I-].[I-]. The number of benzene rings is 3. The number of ether oxygens (including phenoxy) is 4. The van der Waals surface area contributed by atoms with E-state index in [9.17, 15) is 0 Å². The standard InChI is InChI=1S/C70H122N4O4.4HI/c1-13-17-21-25-45-71(5,6)49-29-33-53-75-67-57-65(58-68(61-67)76-54-34-30-50-72(7,8)46-26-22-18-14-2)43-41-63-37-39-64(40-38-63)42-44-66-59-69(77-55-35-31-51-73(9,10)47-27-23-19-15-3)62-70(60-66)78-56-36-32-52-74(11,12)48-28-24-20-16-4;;;;/h37-44,57-62H,13-36,45-56H2,1-12H3;4*1H/q+4;;;;/p-4/b43-41+,44-42+;;;;. The van der Waals surface area contributed by atoms with Crippen molar-refractivity contribution in [3.05, 3.63) is 82.9 Å². The van der Waals surface area contributed by atoms with Crippen LogP contribution in [0.5, 0.6) is 23.0 Å². The molecule has 0 aliphatic rings. The summed E-state index contributed by atoms with van der Waals surface area (Å²) < 4.78 is 30.2. The van der Waals surface area contributed by atoms with E-state index in [-0.39, 0.29) is 95.9 Å². The fraction of sp³-hybridized carbons (Fsp3) is 0.686. The number of hydrogen-bond donors (Lipinski definition) is 0. The molecule has 0 unspecified atom stereocenters. The maximum Gasteiger partial charge on any atom is 0.123 e. The van der Waals surface area contributed by atoms with E-state index in [0.717, 1.165) is 115 Å². The van der Waals surface area contributed by atoms with Crippen LogP contribution in [-0.4, -0.2) is 153 Å². The van der Waals surface area contributed by atoms with Crippen molar-refractivity contribution >= 4 is 24.3 Å². The molecule has 0 saturated heterocycles. The van der Waals surface area contributed by atoms with Gasteiger partial charge in [0.2, 0.25) is 0 Å². The summed E-state index contributed by atoms with van der Waals surface area (Å²) in [6, 6.07) is 21.6. The second-order valence-corrected chi connectivity index (χ2v) is 25.8. The van der Waals surface area contributed by atoms with Crippen LogP contribution in [0.25, 0.3) is 24.3 Å². The van der Waals surface area contributed by atoms with Gasteiger partial charge >= 0.3 is 0 Å². The third kappa shape index (κ3) is 42.1. The fourth-order valence-electron chi connectivity index (χ4n) is 10.5. The molecular weight excluding hydrogens is 1470 g/mol. The van der Waals surface area contributed by atoms with Crippen LogP contribution in [0.4, 0.5) is 0 Å². The molecule has 0 bridgehead atoms. The number of halogens is 4. The summed E-state index contributed by atoms with van der Waals surface area (Å²) in [7, 11) is 19.0. The molecule has 8 nitrogen and oxygen atoms in total. The first-order valence-electron chi connectivity index (χ1n) is 32.0. The van der Waals surface area contributed by atoms with Gasteiger partial charge in [0.05, 0.1) is 135 Å². The van der Waals surface area contributed by atoms with E-state index in [0.29, 0.717) is 26.4 Å². The molecular formula is C70H122I4N4O4. The Balaban J connectivity index is 0. The second-order valence-electron chi connectivity index (χ2n) is 25.8. The van der Waals surface area contributed by atoms with E-state index in [1.54, 1.807) is 0 Å². The van der Waals surface area contributed by atoms with E-state index in [2.05, 4.69) is 169 Å². The first-order chi connectivity index (χ1) is 37.5. The Morgan fingerprint density at radius 3 is 0.659 bits per heavy atom. The first-order valence-corrected chi connectivity index (χ1v) is 32.0. The smallest absolute Gasteiger partial charge is 0.123 e. The number of rotatable bonds is 48. The van der Waals surface area contributed by atoms with Crippen molar-refractivity contribution in [3.8, 4) is 23.0 Å². The average molecular weight is 1590 g/mol. The van der Waals surface area contributed by atoms with Crippen LogP contribution in [-0.2, 0) is 0 Å². The lowest BCUT2D eigenvalue weighted by Gasteiger charge is -2.30. The van der Waals surface area contributed by atoms with Crippen molar-refractivity contribution in [1.82, 2.24) is 0 Å². The minimum atomic E-state index is 0. The van der Waals surface area contributed by atoms with E-state index in [1.807, 2.05) is 0 Å². The van der Waals surface area contributed by atoms with Crippen LogP contribution in [0.15, 0.2) is 60.7 Å². The molecule has 0 aliphatic heterocycles. The van der Waals surface area contributed by atoms with E-state index in [1.165, 1.54) is 155 Å². The molecule has 0 spiro atoms. The first kappa shape index (κ1) is 83.2. The molecule has 0 aromatic heterocycles. The third-order valence-electron chi connectivity index (χ3n) is 15.9. The maximum atomic E-state index is 6.45. The Bertz CT molecular complexity index is 1810. The van der Waals surface area contributed by atoms with Gasteiger partial charge in [-0.05, 0) is 149 Å². The van der Waals surface area contributed by atoms with Crippen LogP contribution >= 0.6 is 0 Å². The lowest BCUT2D eigenvalue weighted by molar-refractivity contribution is -0.890. The van der Waals surface area contributed by atoms with Crippen LogP contribution in [0, 0.1) is 0 Å². The Morgan fingerprint density at radius 1 is 0.256 bits per heavy atom. The topological polar surface area (TPSA) is 36.9 Å². The molecule has 0 fully saturated rings. The summed E-state index contributed by atoms with van der Waals surface area (Å²) >= 11 is 0. The lowest BCUT2D eigenvalue weighted by Crippen LogP contribution is -3.00. The average Bonchev–Trinajstić information content (AvgIpc) is 3.40. The number of quaternary nitrogens is 4. The van der Waals surface area contributed by atoms with E-state index >= 15 is 0 Å². The molecule has 3 rings (SSSR count). The summed E-state index contributed by atoms with van der Waals surface area (Å²) in [5.41, 5.74) is 4.47. The molecule has 0 radical (unpaired) electrons. The largest absolute Gasteiger partial charge is 1.00 e. The van der Waals surface area contributed by atoms with Crippen molar-refractivity contribution in [1.29, 1.82) is 0 Å². The predicted molar refractivity (Wildman–Crippen MR) is 340 cm³/mol. The van der Waals surface area contributed by atoms with E-state index < -0.39 is 0 Å². The molecule has 0 N–H and O–H groups in total. The zero-order chi connectivity index (χ0) is 56.8. The van der Waals surface area contributed by atoms with Gasteiger partial charge in [0, 0.05) is 12.1 Å². The molecule has 3 aromatic rings. The summed E-state index contributed by atoms with van der Waals surface area (Å²) in [6.07, 6.45) is 38.8. The Hall–Kier alpha value is -0.900. The van der Waals surface area contributed by atoms with Gasteiger partial charge in [-0.2, -0.15) is 0 Å². The predicted octanol–water partition coefficient (Wildman–Crippen LogP) is 5.31. The van der Waals surface area contributed by atoms with Crippen molar-refractivity contribution in [2.45, 2.75) is 182 Å². The van der Waals surface area contributed by atoms with Crippen molar-refractivity contribution in [2.24, 2.45) is 0 Å². The summed E-state index contributed by atoms with van der Waals surface area (Å²) in [5.74, 6) is 3.53. The Labute approximate surface area is 574 Å². The van der Waals surface area contributed by atoms with Gasteiger partial charge in [0.25, 0.3) is 0 Å². The molecule has 3 aromatic carbocycles. The van der Waals surface area contributed by atoms with Gasteiger partial charge in [0.1, 0.15) is 23.0 Å². The zero-order valence-electron chi connectivity index (χ0n) is 54.5. The van der Waals surface area contributed by atoms with Gasteiger partial charge < -0.3 is 133 Å². The van der Waals surface area contributed by atoms with Crippen LogP contribution in [0.1, 0.15) is 204 Å². The van der Waals surface area contributed by atoms with Gasteiger partial charge in [-0.25, -0.2) is 0 Å². The number of unbranched alkanes of at least 4 members (excludes halogenated alkanes) is 16. The maximum absolute atomic E-state index is 6.45. The highest BCUT2D eigenvalue weighted by molar-refractivity contribution is 5.74. The van der Waals surface area contributed by atoms with Crippen molar-refractivity contribution in [3.63, 3.8) is 0 Å². The molecule has 0 aliphatic carbocycles. The van der Waals surface area contributed by atoms with Crippen LogP contribution in [0.3, 0.4) is 0 Å². The lowest BCUT2D eigenvalue weighted by atomic mass is 10.1. The highest BCUT2D eigenvalue weighted by atomic mass is 127. The van der Waals surface area contributed by atoms with E-state index in [4.69, 9.17) is 18.9 Å². The summed E-state index contributed by atoms with van der Waals surface area (Å²) in [5, 5.41) is 0. The summed E-state index contributed by atoms with van der Waals surface area (Å²) in [6.45, 7) is 21.7. The van der Waals surface area contributed by atoms with Gasteiger partial charge in [-0.1, -0.05) is 128 Å². The van der Waals surface area contributed by atoms with Gasteiger partial charge in [0.15, 0.2) is 0 Å². The van der Waals surface area contributed by atoms with Gasteiger partial charge in [-0.15, -0.1) is 0 Å². The second kappa shape index (κ2) is 49.0. The minimum Gasteiger partial charge on any atom is -1.00 e. The normalized spacial score (nSPS) is 12.0. The Morgan fingerprint density at radius 2 is 0.451 bits per heavy atom. The van der Waals surface area contributed by atoms with Crippen molar-refractivity contribution < 1.29 is 133 Å². The zero-order valence-corrected chi connectivity index (χ0v) is 63.1. The molecule has 0 atom stereocenters. The molecule has 0 amide bonds. The van der Waals surface area contributed by atoms with Gasteiger partial charge in [-0.3, -0.25) is 0 Å². The highest BCUT2D eigenvalue weighted by Gasteiger charge is 2.18. The number of nitrogens with zero attached hydrogens (tertiary/aromatic N) is 4. The molecule has 474 valence electrons. The van der Waals surface area contributed by atoms with Crippen LogP contribution in [0.2, 0.25) is 0 Å². The number of hydrogen-bond acceptors (Lipinski definition) is 4. The molecule has 82 heavy (non-hydrogen) atoms. The molecule has 12 heteroatoms. The molecule has 0 saturated carbocycles.